The fraction of sp³-hybridized carbons (Fsp3) is 0.364. The average Bonchev–Trinajstić information content (AvgIpc) is 2.25. The van der Waals surface area contributed by atoms with Gasteiger partial charge >= 0.3 is 5.97 Å². The van der Waals surface area contributed by atoms with E-state index < -0.39 is 0 Å². The van der Waals surface area contributed by atoms with E-state index in [4.69, 9.17) is 17.3 Å². The van der Waals surface area contributed by atoms with Gasteiger partial charge in [-0.2, -0.15) is 0 Å². The van der Waals surface area contributed by atoms with Crippen molar-refractivity contribution >= 4 is 17.6 Å². The minimum Gasteiger partial charge on any atom is -0.469 e. The molecule has 1 atom stereocenters. The highest BCUT2D eigenvalue weighted by atomic mass is 35.5. The Bertz CT molecular complexity index is 341. The maximum absolute atomic E-state index is 11.1. The molecule has 0 bridgehead atoms. The van der Waals surface area contributed by atoms with Gasteiger partial charge in [0.15, 0.2) is 0 Å². The van der Waals surface area contributed by atoms with Gasteiger partial charge in [0.2, 0.25) is 0 Å². The third-order valence-corrected chi connectivity index (χ3v) is 2.48. The van der Waals surface area contributed by atoms with Gasteiger partial charge < -0.3 is 10.5 Å². The summed E-state index contributed by atoms with van der Waals surface area (Å²) >= 11 is 5.86. The molecule has 15 heavy (non-hydrogen) atoms. The average molecular weight is 228 g/mol. The normalized spacial score (nSPS) is 12.2. The van der Waals surface area contributed by atoms with E-state index in [1.165, 1.54) is 7.11 Å². The first kappa shape index (κ1) is 12.0. The fourth-order valence-electron chi connectivity index (χ4n) is 1.38. The summed E-state index contributed by atoms with van der Waals surface area (Å²) in [7, 11) is 1.37. The summed E-state index contributed by atoms with van der Waals surface area (Å²) in [6.07, 6.45) is 0.285. The molecule has 0 aromatic heterocycles. The van der Waals surface area contributed by atoms with Gasteiger partial charge in [-0.25, -0.2) is 0 Å². The van der Waals surface area contributed by atoms with Crippen molar-refractivity contribution in [3.8, 4) is 0 Å². The zero-order valence-electron chi connectivity index (χ0n) is 8.57. The minimum atomic E-state index is -0.259. The van der Waals surface area contributed by atoms with E-state index in [-0.39, 0.29) is 18.3 Å². The van der Waals surface area contributed by atoms with Crippen LogP contribution in [0.4, 0.5) is 0 Å². The molecule has 0 aliphatic heterocycles. The van der Waals surface area contributed by atoms with Crippen LogP contribution in [0, 0.1) is 0 Å². The minimum absolute atomic E-state index is 0.0313. The molecule has 0 saturated carbocycles. The number of benzene rings is 1. The molecule has 0 unspecified atom stereocenters. The lowest BCUT2D eigenvalue weighted by atomic mass is 9.96. The van der Waals surface area contributed by atoms with Crippen LogP contribution in [0.15, 0.2) is 24.3 Å². The first-order chi connectivity index (χ1) is 7.17. The molecular weight excluding hydrogens is 214 g/mol. The van der Waals surface area contributed by atoms with Gasteiger partial charge in [-0.3, -0.25) is 4.79 Å². The number of halogens is 1. The number of hydrogen-bond donors (Lipinski definition) is 1. The van der Waals surface area contributed by atoms with Crippen molar-refractivity contribution in [1.82, 2.24) is 0 Å². The maximum atomic E-state index is 11.1. The third kappa shape index (κ3) is 3.53. The van der Waals surface area contributed by atoms with E-state index in [0.717, 1.165) is 5.56 Å². The number of ether oxygens (including phenoxy) is 1. The van der Waals surface area contributed by atoms with Crippen LogP contribution in [0.2, 0.25) is 5.02 Å². The van der Waals surface area contributed by atoms with Gasteiger partial charge in [0.25, 0.3) is 0 Å². The van der Waals surface area contributed by atoms with Crippen molar-refractivity contribution in [3.05, 3.63) is 34.9 Å². The van der Waals surface area contributed by atoms with Crippen LogP contribution < -0.4 is 5.73 Å². The molecule has 0 aliphatic carbocycles. The standard InChI is InChI=1S/C11H14ClNO2/c1-15-11(14)6-9(7-13)8-3-2-4-10(12)5-8/h2-5,9H,6-7,13H2,1H3/t9-/m1/s1. The van der Waals surface area contributed by atoms with Crippen molar-refractivity contribution in [2.45, 2.75) is 12.3 Å². The lowest BCUT2D eigenvalue weighted by Gasteiger charge is -2.13. The first-order valence-electron chi connectivity index (χ1n) is 4.69. The summed E-state index contributed by atoms with van der Waals surface area (Å²) in [5.74, 6) is -0.290. The number of hydrogen-bond acceptors (Lipinski definition) is 3. The van der Waals surface area contributed by atoms with Crippen LogP contribution in [0.5, 0.6) is 0 Å². The second kappa shape index (κ2) is 5.73. The summed E-state index contributed by atoms with van der Waals surface area (Å²) in [5, 5.41) is 0.649. The molecule has 0 radical (unpaired) electrons. The predicted octanol–water partition coefficient (Wildman–Crippen LogP) is 1.95. The van der Waals surface area contributed by atoms with Crippen molar-refractivity contribution in [1.29, 1.82) is 0 Å². The van der Waals surface area contributed by atoms with Crippen LogP contribution in [0.25, 0.3) is 0 Å². The van der Waals surface area contributed by atoms with Crippen LogP contribution in [-0.2, 0) is 9.53 Å². The van der Waals surface area contributed by atoms with Crippen molar-refractivity contribution in [3.63, 3.8) is 0 Å². The fourth-order valence-corrected chi connectivity index (χ4v) is 1.58. The van der Waals surface area contributed by atoms with Gasteiger partial charge in [-0.15, -0.1) is 0 Å². The summed E-state index contributed by atoms with van der Waals surface area (Å²) in [5.41, 5.74) is 6.57. The molecule has 4 heteroatoms. The molecule has 2 N–H and O–H groups in total. The number of rotatable bonds is 4. The van der Waals surface area contributed by atoms with Gasteiger partial charge in [-0.05, 0) is 24.2 Å². The van der Waals surface area contributed by atoms with Crippen LogP contribution in [0.1, 0.15) is 17.9 Å². The van der Waals surface area contributed by atoms with E-state index >= 15 is 0 Å². The summed E-state index contributed by atoms with van der Waals surface area (Å²) in [6, 6.07) is 7.36. The molecule has 0 aliphatic rings. The van der Waals surface area contributed by atoms with E-state index in [0.29, 0.717) is 11.6 Å². The van der Waals surface area contributed by atoms with Gasteiger partial charge in [0.1, 0.15) is 0 Å². The molecule has 3 nitrogen and oxygen atoms in total. The summed E-state index contributed by atoms with van der Waals surface area (Å²) in [6.45, 7) is 0.398. The Labute approximate surface area is 94.2 Å². The SMILES string of the molecule is COC(=O)C[C@H](CN)c1cccc(Cl)c1. The first-order valence-corrected chi connectivity index (χ1v) is 5.07. The van der Waals surface area contributed by atoms with E-state index in [1.807, 2.05) is 18.2 Å². The molecule has 82 valence electrons. The molecule has 0 heterocycles. The second-order valence-corrected chi connectivity index (χ2v) is 3.70. The Morgan fingerprint density at radius 1 is 1.60 bits per heavy atom. The topological polar surface area (TPSA) is 52.3 Å². The van der Waals surface area contributed by atoms with Gasteiger partial charge in [0.05, 0.1) is 13.5 Å². The van der Waals surface area contributed by atoms with Crippen molar-refractivity contribution < 1.29 is 9.53 Å². The highest BCUT2D eigenvalue weighted by Crippen LogP contribution is 2.21. The van der Waals surface area contributed by atoms with E-state index in [2.05, 4.69) is 4.74 Å². The Kier molecular flexibility index (Phi) is 4.59. The Morgan fingerprint density at radius 3 is 2.87 bits per heavy atom. The molecule has 0 saturated heterocycles. The highest BCUT2D eigenvalue weighted by molar-refractivity contribution is 6.30. The van der Waals surface area contributed by atoms with Gasteiger partial charge in [-0.1, -0.05) is 23.7 Å². The second-order valence-electron chi connectivity index (χ2n) is 3.27. The zero-order chi connectivity index (χ0) is 11.3. The smallest absolute Gasteiger partial charge is 0.306 e. The van der Waals surface area contributed by atoms with E-state index in [9.17, 15) is 4.79 Å². The predicted molar refractivity (Wildman–Crippen MR) is 59.9 cm³/mol. The number of carbonyl (C=O) groups excluding carboxylic acids is 1. The van der Waals surface area contributed by atoms with Gasteiger partial charge in [0, 0.05) is 10.9 Å². The quantitative estimate of drug-likeness (QED) is 0.800. The lowest BCUT2D eigenvalue weighted by molar-refractivity contribution is -0.141. The molecule has 1 rings (SSSR count). The summed E-state index contributed by atoms with van der Waals surface area (Å²) in [4.78, 5) is 11.1. The number of methoxy groups -OCH3 is 1. The van der Waals surface area contributed by atoms with E-state index in [1.54, 1.807) is 6.07 Å². The maximum Gasteiger partial charge on any atom is 0.306 e. The van der Waals surface area contributed by atoms with Crippen LogP contribution in [0.3, 0.4) is 0 Å². The molecule has 0 amide bonds. The monoisotopic (exact) mass is 227 g/mol. The summed E-state index contributed by atoms with van der Waals surface area (Å²) < 4.78 is 4.61. The highest BCUT2D eigenvalue weighted by Gasteiger charge is 2.14. The molecular formula is C11H14ClNO2. The zero-order valence-corrected chi connectivity index (χ0v) is 9.33. The lowest BCUT2D eigenvalue weighted by Crippen LogP contribution is -2.17. The molecule has 0 spiro atoms. The van der Waals surface area contributed by atoms with Crippen molar-refractivity contribution in [2.75, 3.05) is 13.7 Å². The van der Waals surface area contributed by atoms with Crippen molar-refractivity contribution in [2.24, 2.45) is 5.73 Å². The molecule has 1 aromatic rings. The Balaban J connectivity index is 2.78. The third-order valence-electron chi connectivity index (χ3n) is 2.25. The van der Waals surface area contributed by atoms with Crippen LogP contribution in [-0.4, -0.2) is 19.6 Å². The Morgan fingerprint density at radius 2 is 2.33 bits per heavy atom. The Hall–Kier alpha value is -1.06. The largest absolute Gasteiger partial charge is 0.469 e. The molecule has 0 fully saturated rings. The molecule has 1 aromatic carbocycles. The number of esters is 1. The number of nitrogens with two attached hydrogens (primary N) is 1. The van der Waals surface area contributed by atoms with Crippen LogP contribution >= 0.6 is 11.6 Å². The number of carbonyl (C=O) groups is 1.